The molecule has 0 aliphatic carbocycles. The van der Waals surface area contributed by atoms with Gasteiger partial charge in [-0.25, -0.2) is 0 Å². The minimum Gasteiger partial charge on any atom is -0.319 e. The van der Waals surface area contributed by atoms with Crippen LogP contribution in [0.2, 0.25) is 5.02 Å². The number of para-hydroxylation sites is 1. The number of aromatic nitrogens is 2. The van der Waals surface area contributed by atoms with E-state index in [1.165, 1.54) is 0 Å². The maximum atomic E-state index is 12.3. The van der Waals surface area contributed by atoms with E-state index in [-0.39, 0.29) is 5.91 Å². The fourth-order valence-electron chi connectivity index (χ4n) is 1.91. The van der Waals surface area contributed by atoms with E-state index in [9.17, 15) is 4.79 Å². The van der Waals surface area contributed by atoms with Crippen LogP contribution in [0.1, 0.15) is 10.5 Å². The van der Waals surface area contributed by atoms with Crippen molar-refractivity contribution in [2.24, 2.45) is 0 Å². The first-order valence-corrected chi connectivity index (χ1v) is 7.02. The number of benzene rings is 2. The smallest absolute Gasteiger partial charge is 0.276 e. The Labute approximate surface area is 128 Å². The number of halogens is 2. The molecule has 0 atom stereocenters. The number of hydrogen-bond acceptors (Lipinski definition) is 2. The lowest BCUT2D eigenvalue weighted by atomic mass is 10.2. The summed E-state index contributed by atoms with van der Waals surface area (Å²) in [6.45, 7) is 0. The van der Waals surface area contributed by atoms with E-state index < -0.39 is 0 Å². The molecule has 3 aromatic rings. The Kier molecular flexibility index (Phi) is 3.46. The van der Waals surface area contributed by atoms with Gasteiger partial charge in [-0.05, 0) is 24.3 Å². The van der Waals surface area contributed by atoms with Crippen LogP contribution in [0, 0.1) is 0 Å². The fourth-order valence-corrected chi connectivity index (χ4v) is 2.63. The fraction of sp³-hybridized carbons (Fsp3) is 0. The molecule has 1 aromatic heterocycles. The van der Waals surface area contributed by atoms with Gasteiger partial charge < -0.3 is 5.32 Å². The third-order valence-corrected chi connectivity index (χ3v) is 3.67. The summed E-state index contributed by atoms with van der Waals surface area (Å²) < 4.78 is 0.853. The van der Waals surface area contributed by atoms with Crippen molar-refractivity contribution in [2.45, 2.75) is 0 Å². The lowest BCUT2D eigenvalue weighted by Gasteiger charge is -2.06. The van der Waals surface area contributed by atoms with Crippen molar-refractivity contribution in [3.63, 3.8) is 0 Å². The number of rotatable bonds is 2. The molecule has 4 nitrogen and oxygen atoms in total. The van der Waals surface area contributed by atoms with Crippen LogP contribution in [0.5, 0.6) is 0 Å². The van der Waals surface area contributed by atoms with Gasteiger partial charge in [0.15, 0.2) is 5.69 Å². The van der Waals surface area contributed by atoms with Crippen LogP contribution in [0.3, 0.4) is 0 Å². The molecular weight excluding hydrogens is 342 g/mol. The molecule has 0 fully saturated rings. The molecule has 0 spiro atoms. The normalized spacial score (nSPS) is 10.7. The maximum absolute atomic E-state index is 12.3. The largest absolute Gasteiger partial charge is 0.319 e. The average Bonchev–Trinajstić information content (AvgIpc) is 2.86. The van der Waals surface area contributed by atoms with Crippen molar-refractivity contribution in [1.29, 1.82) is 0 Å². The zero-order valence-electron chi connectivity index (χ0n) is 10.2. The van der Waals surface area contributed by atoms with Crippen LogP contribution in [-0.2, 0) is 0 Å². The number of H-pyrrole nitrogens is 1. The minimum absolute atomic E-state index is 0.299. The quantitative estimate of drug-likeness (QED) is 0.726. The molecule has 0 aliphatic heterocycles. The maximum Gasteiger partial charge on any atom is 0.276 e. The number of hydrogen-bond donors (Lipinski definition) is 2. The Hall–Kier alpha value is -1.85. The summed E-state index contributed by atoms with van der Waals surface area (Å²) in [4.78, 5) is 12.3. The highest BCUT2D eigenvalue weighted by Gasteiger charge is 2.15. The van der Waals surface area contributed by atoms with E-state index in [2.05, 4.69) is 31.4 Å². The van der Waals surface area contributed by atoms with Gasteiger partial charge in [0.05, 0.1) is 16.2 Å². The van der Waals surface area contributed by atoms with E-state index in [0.29, 0.717) is 16.4 Å². The molecule has 0 saturated heterocycles. The van der Waals surface area contributed by atoms with Crippen molar-refractivity contribution in [3.8, 4) is 0 Å². The highest BCUT2D eigenvalue weighted by molar-refractivity contribution is 9.10. The van der Waals surface area contributed by atoms with E-state index in [1.807, 2.05) is 30.3 Å². The Bertz CT molecular complexity index is 800. The number of amides is 1. The second-order valence-corrected chi connectivity index (χ2v) is 5.52. The van der Waals surface area contributed by atoms with Gasteiger partial charge in [0.1, 0.15) is 0 Å². The molecular formula is C14H9BrClN3O. The Morgan fingerprint density at radius 3 is 2.85 bits per heavy atom. The van der Waals surface area contributed by atoms with Gasteiger partial charge in [-0.3, -0.25) is 9.89 Å². The molecule has 6 heteroatoms. The molecule has 0 saturated carbocycles. The van der Waals surface area contributed by atoms with Crippen LogP contribution in [0.25, 0.3) is 10.9 Å². The summed E-state index contributed by atoms with van der Waals surface area (Å²) in [6, 6.07) is 12.7. The molecule has 1 amide bonds. The average molecular weight is 351 g/mol. The van der Waals surface area contributed by atoms with Gasteiger partial charge in [0.25, 0.3) is 5.91 Å². The van der Waals surface area contributed by atoms with Gasteiger partial charge in [-0.1, -0.05) is 45.7 Å². The summed E-state index contributed by atoms with van der Waals surface area (Å²) in [6.07, 6.45) is 0. The van der Waals surface area contributed by atoms with Crippen molar-refractivity contribution in [2.75, 3.05) is 5.32 Å². The number of fused-ring (bicyclic) bond motifs is 1. The Morgan fingerprint density at radius 1 is 1.25 bits per heavy atom. The van der Waals surface area contributed by atoms with Gasteiger partial charge in [0.2, 0.25) is 0 Å². The van der Waals surface area contributed by atoms with Crippen molar-refractivity contribution >= 4 is 50.0 Å². The van der Waals surface area contributed by atoms with E-state index in [4.69, 9.17) is 11.6 Å². The van der Waals surface area contributed by atoms with Crippen LogP contribution in [0.4, 0.5) is 5.69 Å². The molecule has 20 heavy (non-hydrogen) atoms. The summed E-state index contributed by atoms with van der Waals surface area (Å²) in [7, 11) is 0. The number of nitrogens with zero attached hydrogens (tertiary/aromatic N) is 1. The molecule has 0 unspecified atom stereocenters. The van der Waals surface area contributed by atoms with Crippen molar-refractivity contribution < 1.29 is 4.79 Å². The molecule has 2 N–H and O–H groups in total. The van der Waals surface area contributed by atoms with Crippen LogP contribution in [-0.4, -0.2) is 16.1 Å². The number of anilines is 1. The second kappa shape index (κ2) is 5.26. The predicted octanol–water partition coefficient (Wildman–Crippen LogP) is 4.23. The van der Waals surface area contributed by atoms with Crippen molar-refractivity contribution in [3.05, 3.63) is 57.7 Å². The number of carbonyl (C=O) groups is 1. The number of carbonyl (C=O) groups excluding carboxylic acids is 1. The van der Waals surface area contributed by atoms with E-state index in [0.717, 1.165) is 15.4 Å². The summed E-state index contributed by atoms with van der Waals surface area (Å²) in [5.41, 5.74) is 1.71. The molecule has 3 rings (SSSR count). The highest BCUT2D eigenvalue weighted by atomic mass is 79.9. The van der Waals surface area contributed by atoms with Gasteiger partial charge >= 0.3 is 0 Å². The molecule has 100 valence electrons. The molecule has 2 aromatic carbocycles. The number of nitrogens with one attached hydrogen (secondary N) is 2. The van der Waals surface area contributed by atoms with Crippen LogP contribution < -0.4 is 5.32 Å². The minimum atomic E-state index is -0.299. The zero-order valence-corrected chi connectivity index (χ0v) is 12.5. The first-order valence-electron chi connectivity index (χ1n) is 5.84. The summed E-state index contributed by atoms with van der Waals surface area (Å²) >= 11 is 9.40. The SMILES string of the molecule is O=C(Nc1ccc(Br)cc1Cl)c1n[nH]c2ccccc12. The van der Waals surface area contributed by atoms with Crippen LogP contribution in [0.15, 0.2) is 46.9 Å². The first-order chi connectivity index (χ1) is 9.65. The molecule has 1 heterocycles. The van der Waals surface area contributed by atoms with E-state index >= 15 is 0 Å². The Balaban J connectivity index is 1.93. The molecule has 0 radical (unpaired) electrons. The highest BCUT2D eigenvalue weighted by Crippen LogP contribution is 2.26. The topological polar surface area (TPSA) is 57.8 Å². The molecule has 0 bridgehead atoms. The van der Waals surface area contributed by atoms with Crippen molar-refractivity contribution in [1.82, 2.24) is 10.2 Å². The Morgan fingerprint density at radius 2 is 2.05 bits per heavy atom. The summed E-state index contributed by atoms with van der Waals surface area (Å²) in [5.74, 6) is -0.299. The lowest BCUT2D eigenvalue weighted by molar-refractivity contribution is 0.102. The van der Waals surface area contributed by atoms with Crippen LogP contribution >= 0.6 is 27.5 Å². The first kappa shape index (κ1) is 13.1. The zero-order chi connectivity index (χ0) is 14.1. The molecule has 0 aliphatic rings. The predicted molar refractivity (Wildman–Crippen MR) is 83.2 cm³/mol. The standard InChI is InChI=1S/C14H9BrClN3O/c15-8-5-6-12(10(16)7-8)17-14(20)13-9-3-1-2-4-11(9)18-19-13/h1-7H,(H,17,20)(H,18,19). The lowest BCUT2D eigenvalue weighted by Crippen LogP contribution is -2.13. The summed E-state index contributed by atoms with van der Waals surface area (Å²) in [5, 5.41) is 10.9. The third kappa shape index (κ3) is 2.42. The van der Waals surface area contributed by atoms with Gasteiger partial charge in [-0.2, -0.15) is 5.10 Å². The third-order valence-electron chi connectivity index (χ3n) is 2.86. The second-order valence-electron chi connectivity index (χ2n) is 4.20. The van der Waals surface area contributed by atoms with Gasteiger partial charge in [0, 0.05) is 9.86 Å². The van der Waals surface area contributed by atoms with Gasteiger partial charge in [-0.15, -0.1) is 0 Å². The van der Waals surface area contributed by atoms with E-state index in [1.54, 1.807) is 12.1 Å². The monoisotopic (exact) mass is 349 g/mol. The number of aromatic amines is 1.